The van der Waals surface area contributed by atoms with E-state index in [9.17, 15) is 5.11 Å². The zero-order valence-electron chi connectivity index (χ0n) is 10.9. The molecule has 1 aliphatic carbocycles. The van der Waals surface area contributed by atoms with Crippen molar-refractivity contribution in [3.63, 3.8) is 0 Å². The molecule has 17 heavy (non-hydrogen) atoms. The van der Waals surface area contributed by atoms with Crippen molar-refractivity contribution in [3.05, 3.63) is 11.1 Å². The van der Waals surface area contributed by atoms with Crippen LogP contribution in [0.25, 0.3) is 0 Å². The molecule has 96 valence electrons. The van der Waals surface area contributed by atoms with E-state index < -0.39 is 6.10 Å². The average Bonchev–Trinajstić information content (AvgIpc) is 2.78. The van der Waals surface area contributed by atoms with Crippen LogP contribution >= 0.6 is 11.3 Å². The maximum Gasteiger partial charge on any atom is 0.185 e. The first-order valence-corrected chi connectivity index (χ1v) is 7.32. The number of hydrogen-bond donors (Lipinski definition) is 1. The predicted octanol–water partition coefficient (Wildman–Crippen LogP) is 3.21. The van der Waals surface area contributed by atoms with Crippen LogP contribution in [0.3, 0.4) is 0 Å². The third-order valence-corrected chi connectivity index (χ3v) is 4.72. The van der Waals surface area contributed by atoms with Gasteiger partial charge in [0.2, 0.25) is 0 Å². The Bertz CT molecular complexity index is 356. The number of rotatable bonds is 3. The molecular formula is C13H22N2OS. The molecule has 1 N–H and O–H groups in total. The third-order valence-electron chi connectivity index (χ3n) is 3.77. The highest BCUT2D eigenvalue weighted by Gasteiger charge is 2.23. The van der Waals surface area contributed by atoms with Crippen LogP contribution in [0.2, 0.25) is 0 Å². The van der Waals surface area contributed by atoms with Crippen molar-refractivity contribution < 1.29 is 5.11 Å². The van der Waals surface area contributed by atoms with Crippen LogP contribution in [0.4, 0.5) is 5.13 Å². The number of anilines is 1. The first kappa shape index (κ1) is 12.8. The van der Waals surface area contributed by atoms with Gasteiger partial charge in [0.1, 0.15) is 0 Å². The number of hydrogen-bond acceptors (Lipinski definition) is 4. The normalized spacial score (nSPS) is 26.8. The summed E-state index contributed by atoms with van der Waals surface area (Å²) >= 11 is 1.64. The largest absolute Gasteiger partial charge is 0.387 e. The Morgan fingerprint density at radius 3 is 2.59 bits per heavy atom. The molecule has 1 heterocycles. The van der Waals surface area contributed by atoms with Gasteiger partial charge in [-0.05, 0) is 38.5 Å². The fraction of sp³-hybridized carbons (Fsp3) is 0.769. The lowest BCUT2D eigenvalue weighted by atomic mass is 9.87. The molecule has 0 amide bonds. The molecule has 3 nitrogen and oxygen atoms in total. The smallest absolute Gasteiger partial charge is 0.185 e. The van der Waals surface area contributed by atoms with E-state index in [4.69, 9.17) is 0 Å². The van der Waals surface area contributed by atoms with Gasteiger partial charge in [-0.2, -0.15) is 0 Å². The van der Waals surface area contributed by atoms with E-state index in [2.05, 4.69) is 23.9 Å². The highest BCUT2D eigenvalue weighted by atomic mass is 32.1. The van der Waals surface area contributed by atoms with Gasteiger partial charge in [0.05, 0.1) is 11.8 Å². The highest BCUT2D eigenvalue weighted by molar-refractivity contribution is 7.13. The molecule has 1 atom stereocenters. The van der Waals surface area contributed by atoms with Crippen LogP contribution in [0, 0.1) is 5.92 Å². The summed E-state index contributed by atoms with van der Waals surface area (Å²) in [6.07, 6.45) is 4.72. The lowest BCUT2D eigenvalue weighted by Crippen LogP contribution is -2.34. The van der Waals surface area contributed by atoms with E-state index in [-0.39, 0.29) is 0 Å². The minimum absolute atomic E-state index is 0.459. The number of aliphatic hydroxyl groups excluding tert-OH is 1. The quantitative estimate of drug-likeness (QED) is 0.900. The van der Waals surface area contributed by atoms with Gasteiger partial charge in [-0.1, -0.05) is 6.92 Å². The van der Waals surface area contributed by atoms with Crippen LogP contribution in [0.15, 0.2) is 5.38 Å². The molecule has 0 spiro atoms. The van der Waals surface area contributed by atoms with Crippen molar-refractivity contribution in [2.24, 2.45) is 5.92 Å². The molecule has 0 radical (unpaired) electrons. The molecule has 1 aromatic heterocycles. The lowest BCUT2D eigenvalue weighted by molar-refractivity contribution is 0.195. The minimum atomic E-state index is -0.459. The van der Waals surface area contributed by atoms with E-state index in [0.717, 1.165) is 16.7 Å². The molecule has 1 fully saturated rings. The molecule has 1 unspecified atom stereocenters. The Morgan fingerprint density at radius 2 is 2.06 bits per heavy atom. The summed E-state index contributed by atoms with van der Waals surface area (Å²) < 4.78 is 0. The minimum Gasteiger partial charge on any atom is -0.387 e. The zero-order valence-corrected chi connectivity index (χ0v) is 11.7. The van der Waals surface area contributed by atoms with Crippen molar-refractivity contribution >= 4 is 16.5 Å². The van der Waals surface area contributed by atoms with E-state index >= 15 is 0 Å². The molecular weight excluding hydrogens is 232 g/mol. The Labute approximate surface area is 107 Å². The van der Waals surface area contributed by atoms with Crippen LogP contribution in [0.5, 0.6) is 0 Å². The van der Waals surface area contributed by atoms with Crippen molar-refractivity contribution in [1.82, 2.24) is 4.98 Å². The summed E-state index contributed by atoms with van der Waals surface area (Å²) in [5, 5.41) is 12.5. The van der Waals surface area contributed by atoms with Gasteiger partial charge in [0.25, 0.3) is 0 Å². The monoisotopic (exact) mass is 254 g/mol. The number of thiazole rings is 1. The Hall–Kier alpha value is -0.610. The molecule has 0 bridgehead atoms. The average molecular weight is 254 g/mol. The van der Waals surface area contributed by atoms with Crippen LogP contribution in [-0.2, 0) is 0 Å². The summed E-state index contributed by atoms with van der Waals surface area (Å²) in [5.74, 6) is 0.879. The fourth-order valence-corrected chi connectivity index (χ4v) is 3.37. The number of nitrogens with zero attached hydrogens (tertiary/aromatic N) is 2. The van der Waals surface area contributed by atoms with Gasteiger partial charge in [0, 0.05) is 18.5 Å². The van der Waals surface area contributed by atoms with Gasteiger partial charge in [-0.3, -0.25) is 0 Å². The molecule has 1 saturated carbocycles. The molecule has 0 saturated heterocycles. The van der Waals surface area contributed by atoms with Crippen molar-refractivity contribution in [2.75, 3.05) is 11.9 Å². The second-order valence-electron chi connectivity index (χ2n) is 5.26. The third kappa shape index (κ3) is 2.99. The number of aromatic nitrogens is 1. The summed E-state index contributed by atoms with van der Waals surface area (Å²) in [7, 11) is 2.13. The van der Waals surface area contributed by atoms with Crippen LogP contribution < -0.4 is 4.90 Å². The van der Waals surface area contributed by atoms with Crippen molar-refractivity contribution in [1.29, 1.82) is 0 Å². The summed E-state index contributed by atoms with van der Waals surface area (Å²) in [6, 6.07) is 0.624. The standard InChI is InChI=1S/C13H22N2OS/c1-9-4-6-11(7-5-9)15(3)13-14-12(8-17-13)10(2)16/h8-11,16H,4-7H2,1-3H3. The van der Waals surface area contributed by atoms with E-state index in [1.54, 1.807) is 18.3 Å². The lowest BCUT2D eigenvalue weighted by Gasteiger charge is -2.33. The van der Waals surface area contributed by atoms with Crippen molar-refractivity contribution in [2.45, 2.75) is 51.7 Å². The summed E-state index contributed by atoms with van der Waals surface area (Å²) in [4.78, 5) is 6.79. The molecule has 1 aromatic rings. The van der Waals surface area contributed by atoms with Gasteiger partial charge in [-0.15, -0.1) is 11.3 Å². The van der Waals surface area contributed by atoms with Gasteiger partial charge < -0.3 is 10.0 Å². The second-order valence-corrected chi connectivity index (χ2v) is 6.09. The van der Waals surface area contributed by atoms with Gasteiger partial charge in [0.15, 0.2) is 5.13 Å². The second kappa shape index (κ2) is 5.36. The van der Waals surface area contributed by atoms with Gasteiger partial charge in [-0.25, -0.2) is 4.98 Å². The first-order valence-electron chi connectivity index (χ1n) is 6.44. The first-order chi connectivity index (χ1) is 8.08. The Kier molecular flexibility index (Phi) is 4.05. The van der Waals surface area contributed by atoms with Gasteiger partial charge >= 0.3 is 0 Å². The molecule has 1 aliphatic rings. The molecule has 0 aliphatic heterocycles. The van der Waals surface area contributed by atoms with E-state index in [1.165, 1.54) is 25.7 Å². The summed E-state index contributed by atoms with van der Waals surface area (Å²) in [5.41, 5.74) is 0.793. The predicted molar refractivity (Wildman–Crippen MR) is 72.6 cm³/mol. The fourth-order valence-electron chi connectivity index (χ4n) is 2.42. The van der Waals surface area contributed by atoms with Crippen LogP contribution in [0.1, 0.15) is 51.3 Å². The molecule has 2 rings (SSSR count). The maximum absolute atomic E-state index is 9.49. The Morgan fingerprint density at radius 1 is 1.41 bits per heavy atom. The zero-order chi connectivity index (χ0) is 12.4. The van der Waals surface area contributed by atoms with Crippen LogP contribution in [-0.4, -0.2) is 23.2 Å². The maximum atomic E-state index is 9.49. The summed E-state index contributed by atoms with van der Waals surface area (Å²) in [6.45, 7) is 4.10. The highest BCUT2D eigenvalue weighted by Crippen LogP contribution is 2.31. The molecule has 0 aromatic carbocycles. The van der Waals surface area contributed by atoms with E-state index in [0.29, 0.717) is 6.04 Å². The SMILES string of the molecule is CC1CCC(N(C)c2nc(C(C)O)cs2)CC1. The Balaban J connectivity index is 2.01. The topological polar surface area (TPSA) is 36.4 Å². The number of aliphatic hydroxyl groups is 1. The van der Waals surface area contributed by atoms with E-state index in [1.807, 2.05) is 5.38 Å². The molecule has 4 heteroatoms. The van der Waals surface area contributed by atoms with Crippen molar-refractivity contribution in [3.8, 4) is 0 Å².